The van der Waals surface area contributed by atoms with Gasteiger partial charge < -0.3 is 0 Å². The van der Waals surface area contributed by atoms with Gasteiger partial charge in [0.15, 0.2) is 0 Å². The summed E-state index contributed by atoms with van der Waals surface area (Å²) in [6.07, 6.45) is 0. The molecular formula is C10H14ClNO2S. The van der Waals surface area contributed by atoms with E-state index in [1.165, 1.54) is 0 Å². The van der Waals surface area contributed by atoms with Gasteiger partial charge in [0.2, 0.25) is 10.0 Å². The zero-order chi connectivity index (χ0) is 11.5. The second kappa shape index (κ2) is 4.96. The van der Waals surface area contributed by atoms with E-state index >= 15 is 0 Å². The first-order valence-electron chi connectivity index (χ1n) is 4.57. The van der Waals surface area contributed by atoms with Crippen LogP contribution in [0.25, 0.3) is 0 Å². The number of aryl methyl sites for hydroxylation is 1. The maximum atomic E-state index is 11.2. The van der Waals surface area contributed by atoms with E-state index in [0.717, 1.165) is 11.1 Å². The van der Waals surface area contributed by atoms with E-state index in [4.69, 9.17) is 11.6 Å². The van der Waals surface area contributed by atoms with Gasteiger partial charge in [0.05, 0.1) is 0 Å². The van der Waals surface area contributed by atoms with E-state index < -0.39 is 15.2 Å². The predicted octanol–water partition coefficient (Wildman–Crippen LogP) is 2.17. The molecule has 0 unspecified atom stereocenters. The molecule has 1 aromatic rings. The number of hydrogen-bond donors (Lipinski definition) is 1. The molecular weight excluding hydrogens is 234 g/mol. The first-order chi connectivity index (χ1) is 6.94. The Morgan fingerprint density at radius 1 is 1.33 bits per heavy atom. The van der Waals surface area contributed by atoms with Crippen LogP contribution in [0.15, 0.2) is 24.3 Å². The van der Waals surface area contributed by atoms with Gasteiger partial charge in [0.25, 0.3) is 0 Å². The molecule has 0 aliphatic heterocycles. The van der Waals surface area contributed by atoms with Gasteiger partial charge in [-0.25, -0.2) is 13.1 Å². The molecule has 1 rings (SSSR count). The Labute approximate surface area is 95.5 Å². The van der Waals surface area contributed by atoms with Crippen molar-refractivity contribution >= 4 is 21.6 Å². The minimum Gasteiger partial charge on any atom is -0.211 e. The molecule has 0 radical (unpaired) electrons. The monoisotopic (exact) mass is 247 g/mol. The molecule has 84 valence electrons. The van der Waals surface area contributed by atoms with Crippen LogP contribution in [0.1, 0.15) is 24.1 Å². The lowest BCUT2D eigenvalue weighted by Gasteiger charge is -2.13. The van der Waals surface area contributed by atoms with Crippen molar-refractivity contribution in [3.63, 3.8) is 0 Å². The summed E-state index contributed by atoms with van der Waals surface area (Å²) < 4.78 is 24.9. The minimum atomic E-state index is -3.36. The second-order valence-electron chi connectivity index (χ2n) is 3.47. The molecule has 3 nitrogen and oxygen atoms in total. The highest BCUT2D eigenvalue weighted by atomic mass is 35.5. The number of benzene rings is 1. The molecule has 0 saturated carbocycles. The molecule has 0 aromatic heterocycles. The Morgan fingerprint density at radius 2 is 1.87 bits per heavy atom. The fourth-order valence-corrected chi connectivity index (χ4v) is 2.15. The first-order valence-corrected chi connectivity index (χ1v) is 6.76. The van der Waals surface area contributed by atoms with Gasteiger partial charge in [0.1, 0.15) is 5.21 Å². The molecule has 0 aliphatic rings. The highest BCUT2D eigenvalue weighted by Crippen LogP contribution is 2.14. The van der Waals surface area contributed by atoms with Crippen LogP contribution >= 0.6 is 11.6 Å². The molecule has 1 N–H and O–H groups in total. The molecule has 0 saturated heterocycles. The van der Waals surface area contributed by atoms with Gasteiger partial charge in [0, 0.05) is 6.04 Å². The highest BCUT2D eigenvalue weighted by molar-refractivity contribution is 7.90. The topological polar surface area (TPSA) is 46.2 Å². The van der Waals surface area contributed by atoms with Crippen molar-refractivity contribution in [1.82, 2.24) is 4.72 Å². The number of nitrogens with one attached hydrogen (secondary N) is 1. The van der Waals surface area contributed by atoms with Crippen LogP contribution in [0.3, 0.4) is 0 Å². The molecule has 1 aromatic carbocycles. The Hall–Kier alpha value is -0.580. The van der Waals surface area contributed by atoms with Gasteiger partial charge in [-0.15, -0.1) is 11.6 Å². The average molecular weight is 248 g/mol. The summed E-state index contributed by atoms with van der Waals surface area (Å²) in [5.41, 5.74) is 2.07. The van der Waals surface area contributed by atoms with E-state index in [2.05, 4.69) is 4.72 Å². The van der Waals surface area contributed by atoms with Crippen LogP contribution in [-0.2, 0) is 10.0 Å². The van der Waals surface area contributed by atoms with Crippen molar-refractivity contribution in [3.05, 3.63) is 35.4 Å². The minimum absolute atomic E-state index is 0.255. The fraction of sp³-hybridized carbons (Fsp3) is 0.400. The molecule has 15 heavy (non-hydrogen) atoms. The second-order valence-corrected chi connectivity index (χ2v) is 5.81. The van der Waals surface area contributed by atoms with Crippen molar-refractivity contribution < 1.29 is 8.42 Å². The number of rotatable bonds is 4. The lowest BCUT2D eigenvalue weighted by atomic mass is 10.1. The number of hydrogen-bond acceptors (Lipinski definition) is 2. The van der Waals surface area contributed by atoms with Gasteiger partial charge in [-0.3, -0.25) is 0 Å². The van der Waals surface area contributed by atoms with Crippen LogP contribution in [0.4, 0.5) is 0 Å². The van der Waals surface area contributed by atoms with Crippen molar-refractivity contribution in [2.45, 2.75) is 19.9 Å². The Balaban J connectivity index is 2.78. The standard InChI is InChI=1S/C10H14ClNO2S/c1-8-3-5-10(6-4-8)9(2)12-15(13,14)7-11/h3-6,9,12H,7H2,1-2H3/t9-/m0/s1. The summed E-state index contributed by atoms with van der Waals surface area (Å²) in [6.45, 7) is 3.77. The molecule has 1 atom stereocenters. The predicted molar refractivity (Wildman–Crippen MR) is 62.4 cm³/mol. The van der Waals surface area contributed by atoms with Crippen LogP contribution in [0.2, 0.25) is 0 Å². The van der Waals surface area contributed by atoms with Gasteiger partial charge in [-0.1, -0.05) is 29.8 Å². The van der Waals surface area contributed by atoms with Crippen molar-refractivity contribution in [2.75, 3.05) is 5.21 Å². The summed E-state index contributed by atoms with van der Waals surface area (Å²) in [5.74, 6) is 0. The molecule has 0 heterocycles. The van der Waals surface area contributed by atoms with Crippen LogP contribution in [-0.4, -0.2) is 13.6 Å². The molecule has 0 bridgehead atoms. The van der Waals surface area contributed by atoms with E-state index in [-0.39, 0.29) is 6.04 Å². The maximum absolute atomic E-state index is 11.2. The molecule has 0 spiro atoms. The van der Waals surface area contributed by atoms with Crippen molar-refractivity contribution in [3.8, 4) is 0 Å². The fourth-order valence-electron chi connectivity index (χ4n) is 1.22. The quantitative estimate of drug-likeness (QED) is 0.829. The average Bonchev–Trinajstić information content (AvgIpc) is 2.18. The summed E-state index contributed by atoms with van der Waals surface area (Å²) >= 11 is 5.30. The molecule has 0 amide bonds. The molecule has 0 fully saturated rings. The zero-order valence-corrected chi connectivity index (χ0v) is 10.3. The normalized spacial score (nSPS) is 13.8. The van der Waals surface area contributed by atoms with Gasteiger partial charge >= 0.3 is 0 Å². The smallest absolute Gasteiger partial charge is 0.211 e. The van der Waals surface area contributed by atoms with Crippen LogP contribution in [0.5, 0.6) is 0 Å². The van der Waals surface area contributed by atoms with E-state index in [9.17, 15) is 8.42 Å². The lowest BCUT2D eigenvalue weighted by molar-refractivity contribution is 0.571. The van der Waals surface area contributed by atoms with Crippen LogP contribution in [0, 0.1) is 6.92 Å². The van der Waals surface area contributed by atoms with Crippen molar-refractivity contribution in [1.29, 1.82) is 0 Å². The van der Waals surface area contributed by atoms with Crippen molar-refractivity contribution in [2.24, 2.45) is 0 Å². The highest BCUT2D eigenvalue weighted by Gasteiger charge is 2.13. The van der Waals surface area contributed by atoms with Crippen LogP contribution < -0.4 is 4.72 Å². The summed E-state index contributed by atoms with van der Waals surface area (Å²) in [7, 11) is -3.36. The molecule has 0 aliphatic carbocycles. The Morgan fingerprint density at radius 3 is 2.33 bits per heavy atom. The third-order valence-electron chi connectivity index (χ3n) is 2.08. The summed E-state index contributed by atoms with van der Waals surface area (Å²) in [4.78, 5) is 0. The lowest BCUT2D eigenvalue weighted by Crippen LogP contribution is -2.27. The number of sulfonamides is 1. The van der Waals surface area contributed by atoms with Gasteiger partial charge in [-0.05, 0) is 19.4 Å². The first kappa shape index (κ1) is 12.5. The number of alkyl halides is 1. The zero-order valence-electron chi connectivity index (χ0n) is 8.70. The van der Waals surface area contributed by atoms with E-state index in [0.29, 0.717) is 0 Å². The third kappa shape index (κ3) is 3.81. The summed E-state index contributed by atoms with van der Waals surface area (Å²) in [5, 5.41) is -0.413. The summed E-state index contributed by atoms with van der Waals surface area (Å²) in [6, 6.07) is 7.43. The third-order valence-corrected chi connectivity index (χ3v) is 3.94. The Kier molecular flexibility index (Phi) is 4.13. The SMILES string of the molecule is Cc1ccc([C@H](C)NS(=O)(=O)CCl)cc1. The number of halogens is 1. The van der Waals surface area contributed by atoms with E-state index in [1.54, 1.807) is 6.92 Å². The Bertz CT molecular complexity index is 414. The largest absolute Gasteiger partial charge is 0.226 e. The maximum Gasteiger partial charge on any atom is 0.226 e. The molecule has 5 heteroatoms. The van der Waals surface area contributed by atoms with E-state index in [1.807, 2.05) is 31.2 Å². The van der Waals surface area contributed by atoms with Gasteiger partial charge in [-0.2, -0.15) is 0 Å².